The molecule has 1 heterocycles. The lowest BCUT2D eigenvalue weighted by Crippen LogP contribution is -1.99. The summed E-state index contributed by atoms with van der Waals surface area (Å²) in [5.41, 5.74) is 2.10. The zero-order valence-electron chi connectivity index (χ0n) is 9.88. The van der Waals surface area contributed by atoms with Gasteiger partial charge in [-0.25, -0.2) is 0 Å². The standard InChI is InChI=1S/C14H10Cl2OS/c1-7-5-10(16)8(2)14-13(7)17-11-4-3-9(15)6-12(11)18-14/h3-6H,1-2H3. The maximum atomic E-state index is 6.21. The Morgan fingerprint density at radius 3 is 2.67 bits per heavy atom. The van der Waals surface area contributed by atoms with E-state index < -0.39 is 0 Å². The maximum Gasteiger partial charge on any atom is 0.144 e. The molecule has 0 aromatic heterocycles. The summed E-state index contributed by atoms with van der Waals surface area (Å²) in [6.45, 7) is 4.01. The molecule has 0 atom stereocenters. The van der Waals surface area contributed by atoms with Gasteiger partial charge in [0.2, 0.25) is 0 Å². The Morgan fingerprint density at radius 1 is 1.11 bits per heavy atom. The van der Waals surface area contributed by atoms with E-state index in [1.165, 1.54) is 0 Å². The molecule has 1 aliphatic rings. The fraction of sp³-hybridized carbons (Fsp3) is 0.143. The fourth-order valence-electron chi connectivity index (χ4n) is 1.94. The van der Waals surface area contributed by atoms with Crippen molar-refractivity contribution < 1.29 is 4.74 Å². The summed E-state index contributed by atoms with van der Waals surface area (Å²) in [5, 5.41) is 1.48. The Hall–Kier alpha value is -0.830. The van der Waals surface area contributed by atoms with Crippen molar-refractivity contribution in [3.05, 3.63) is 45.4 Å². The molecule has 0 saturated heterocycles. The second kappa shape index (κ2) is 4.37. The first-order valence-electron chi connectivity index (χ1n) is 5.51. The van der Waals surface area contributed by atoms with Gasteiger partial charge in [0.1, 0.15) is 11.5 Å². The van der Waals surface area contributed by atoms with Gasteiger partial charge in [0.25, 0.3) is 0 Å². The molecule has 4 heteroatoms. The van der Waals surface area contributed by atoms with Crippen LogP contribution in [-0.2, 0) is 0 Å². The number of hydrogen-bond acceptors (Lipinski definition) is 2. The molecular formula is C14H10Cl2OS. The van der Waals surface area contributed by atoms with E-state index in [1.807, 2.05) is 38.1 Å². The van der Waals surface area contributed by atoms with E-state index in [4.69, 9.17) is 27.9 Å². The van der Waals surface area contributed by atoms with Crippen LogP contribution in [0.5, 0.6) is 11.5 Å². The smallest absolute Gasteiger partial charge is 0.144 e. The number of hydrogen-bond donors (Lipinski definition) is 0. The monoisotopic (exact) mass is 296 g/mol. The minimum absolute atomic E-state index is 0.713. The molecule has 2 aromatic carbocycles. The van der Waals surface area contributed by atoms with Crippen LogP contribution >= 0.6 is 35.0 Å². The Bertz CT molecular complexity index is 653. The van der Waals surface area contributed by atoms with E-state index in [0.717, 1.165) is 37.4 Å². The molecule has 1 aliphatic heterocycles. The molecule has 0 spiro atoms. The summed E-state index contributed by atoms with van der Waals surface area (Å²) in [6, 6.07) is 7.60. The highest BCUT2D eigenvalue weighted by atomic mass is 35.5. The summed E-state index contributed by atoms with van der Waals surface area (Å²) < 4.78 is 5.96. The van der Waals surface area contributed by atoms with Crippen molar-refractivity contribution >= 4 is 35.0 Å². The quantitative estimate of drug-likeness (QED) is 0.513. The van der Waals surface area contributed by atoms with Crippen LogP contribution in [0.4, 0.5) is 0 Å². The van der Waals surface area contributed by atoms with Gasteiger partial charge < -0.3 is 4.74 Å². The van der Waals surface area contributed by atoms with Crippen LogP contribution in [0.2, 0.25) is 10.0 Å². The van der Waals surface area contributed by atoms with Crippen molar-refractivity contribution in [1.82, 2.24) is 0 Å². The zero-order chi connectivity index (χ0) is 12.9. The number of ether oxygens (including phenoxy) is 1. The summed E-state index contributed by atoms with van der Waals surface area (Å²) >= 11 is 13.9. The summed E-state index contributed by atoms with van der Waals surface area (Å²) in [7, 11) is 0. The Kier molecular flexibility index (Phi) is 2.97. The van der Waals surface area contributed by atoms with Gasteiger partial charge in [-0.15, -0.1) is 0 Å². The zero-order valence-corrected chi connectivity index (χ0v) is 12.2. The van der Waals surface area contributed by atoms with Gasteiger partial charge in [0.15, 0.2) is 0 Å². The Labute approximate surface area is 120 Å². The van der Waals surface area contributed by atoms with E-state index in [2.05, 4.69) is 0 Å². The SMILES string of the molecule is Cc1cc(Cl)c(C)c2c1Oc1ccc(Cl)cc1S2. The average molecular weight is 297 g/mol. The molecule has 0 N–H and O–H groups in total. The van der Waals surface area contributed by atoms with Crippen LogP contribution in [0.3, 0.4) is 0 Å². The molecular weight excluding hydrogens is 287 g/mol. The molecule has 2 aromatic rings. The third-order valence-corrected chi connectivity index (χ3v) is 4.80. The van der Waals surface area contributed by atoms with Crippen molar-refractivity contribution in [2.75, 3.05) is 0 Å². The number of rotatable bonds is 0. The molecule has 3 rings (SSSR count). The highest BCUT2D eigenvalue weighted by Gasteiger charge is 2.23. The van der Waals surface area contributed by atoms with Crippen LogP contribution in [-0.4, -0.2) is 0 Å². The fourth-order valence-corrected chi connectivity index (χ4v) is 3.66. The van der Waals surface area contributed by atoms with E-state index in [0.29, 0.717) is 5.02 Å². The van der Waals surface area contributed by atoms with Crippen molar-refractivity contribution in [3.8, 4) is 11.5 Å². The van der Waals surface area contributed by atoms with Gasteiger partial charge >= 0.3 is 0 Å². The van der Waals surface area contributed by atoms with E-state index in [9.17, 15) is 0 Å². The number of aryl methyl sites for hydroxylation is 1. The number of halogens is 2. The van der Waals surface area contributed by atoms with Crippen molar-refractivity contribution in [2.45, 2.75) is 23.6 Å². The first kappa shape index (κ1) is 12.2. The summed E-state index contributed by atoms with van der Waals surface area (Å²) in [4.78, 5) is 2.11. The molecule has 0 fully saturated rings. The van der Waals surface area contributed by atoms with Crippen LogP contribution < -0.4 is 4.74 Å². The van der Waals surface area contributed by atoms with Gasteiger partial charge in [0, 0.05) is 10.0 Å². The Balaban J connectivity index is 2.19. The maximum absolute atomic E-state index is 6.21. The average Bonchev–Trinajstić information content (AvgIpc) is 2.34. The first-order chi connectivity index (χ1) is 8.56. The number of benzene rings is 2. The molecule has 0 unspecified atom stereocenters. The van der Waals surface area contributed by atoms with E-state index in [-0.39, 0.29) is 0 Å². The van der Waals surface area contributed by atoms with E-state index >= 15 is 0 Å². The minimum atomic E-state index is 0.713. The normalized spacial score (nSPS) is 12.7. The molecule has 0 saturated carbocycles. The van der Waals surface area contributed by atoms with Gasteiger partial charge in [0.05, 0.1) is 9.79 Å². The topological polar surface area (TPSA) is 9.23 Å². The number of fused-ring (bicyclic) bond motifs is 2. The molecule has 0 radical (unpaired) electrons. The molecule has 0 aliphatic carbocycles. The predicted octanol–water partition coefficient (Wildman–Crippen LogP) is 5.87. The van der Waals surface area contributed by atoms with Crippen LogP contribution in [0.25, 0.3) is 0 Å². The molecule has 0 bridgehead atoms. The van der Waals surface area contributed by atoms with Crippen molar-refractivity contribution in [3.63, 3.8) is 0 Å². The Morgan fingerprint density at radius 2 is 1.89 bits per heavy atom. The summed E-state index contributed by atoms with van der Waals surface area (Å²) in [5.74, 6) is 1.75. The molecule has 1 nitrogen and oxygen atoms in total. The lowest BCUT2D eigenvalue weighted by molar-refractivity contribution is 0.450. The van der Waals surface area contributed by atoms with Crippen molar-refractivity contribution in [1.29, 1.82) is 0 Å². The van der Waals surface area contributed by atoms with Crippen LogP contribution in [0, 0.1) is 13.8 Å². The van der Waals surface area contributed by atoms with Gasteiger partial charge in [-0.2, -0.15) is 0 Å². The third kappa shape index (κ3) is 1.89. The predicted molar refractivity (Wildman–Crippen MR) is 76.6 cm³/mol. The lowest BCUT2D eigenvalue weighted by atomic mass is 10.1. The van der Waals surface area contributed by atoms with Crippen molar-refractivity contribution in [2.24, 2.45) is 0 Å². The minimum Gasteiger partial charge on any atom is -0.455 e. The highest BCUT2D eigenvalue weighted by molar-refractivity contribution is 7.99. The second-order valence-corrected chi connectivity index (χ2v) is 6.15. The highest BCUT2D eigenvalue weighted by Crippen LogP contribution is 2.51. The van der Waals surface area contributed by atoms with Gasteiger partial charge in [-0.1, -0.05) is 35.0 Å². The molecule has 0 amide bonds. The molecule has 92 valence electrons. The van der Waals surface area contributed by atoms with Gasteiger partial charge in [-0.05, 0) is 49.2 Å². The molecule has 18 heavy (non-hydrogen) atoms. The third-order valence-electron chi connectivity index (χ3n) is 2.94. The van der Waals surface area contributed by atoms with Gasteiger partial charge in [-0.3, -0.25) is 0 Å². The van der Waals surface area contributed by atoms with Crippen LogP contribution in [0.15, 0.2) is 34.1 Å². The largest absolute Gasteiger partial charge is 0.455 e. The van der Waals surface area contributed by atoms with Crippen LogP contribution in [0.1, 0.15) is 11.1 Å². The van der Waals surface area contributed by atoms with E-state index in [1.54, 1.807) is 11.8 Å². The second-order valence-electron chi connectivity index (χ2n) is 4.25. The summed E-state index contributed by atoms with van der Waals surface area (Å²) in [6.07, 6.45) is 0. The first-order valence-corrected chi connectivity index (χ1v) is 7.08. The lowest BCUT2D eigenvalue weighted by Gasteiger charge is -2.23.